The molecule has 2 N–H and O–H groups in total. The van der Waals surface area contributed by atoms with E-state index in [1.165, 1.54) is 0 Å². The average molecular weight is 357 g/mol. The number of hydrogen-bond donors (Lipinski definition) is 2. The topological polar surface area (TPSA) is 84.8 Å². The van der Waals surface area contributed by atoms with Gasteiger partial charge in [0.05, 0.1) is 26.4 Å². The molecule has 1 aromatic heterocycles. The fraction of sp³-hybridized carbons (Fsp3) is 0.474. The Morgan fingerprint density at radius 1 is 1.27 bits per heavy atom. The molecule has 1 fully saturated rings. The van der Waals surface area contributed by atoms with Crippen LogP contribution >= 0.6 is 0 Å². The minimum absolute atomic E-state index is 0.285. The molecular formula is C19H25N4O3+. The summed E-state index contributed by atoms with van der Waals surface area (Å²) in [5.74, 6) is 1.67. The van der Waals surface area contributed by atoms with E-state index in [2.05, 4.69) is 16.4 Å². The first-order valence-electron chi connectivity index (χ1n) is 9.09. The first-order valence-corrected chi connectivity index (χ1v) is 9.09. The van der Waals surface area contributed by atoms with Crippen molar-refractivity contribution in [3.63, 3.8) is 0 Å². The largest absolute Gasteiger partial charge is 0.494 e. The van der Waals surface area contributed by atoms with Gasteiger partial charge in [-0.1, -0.05) is 0 Å². The Hall–Kier alpha value is -2.56. The van der Waals surface area contributed by atoms with Crippen molar-refractivity contribution in [1.82, 2.24) is 4.98 Å². The summed E-state index contributed by atoms with van der Waals surface area (Å²) in [5, 5.41) is 12.5. The Bertz CT molecular complexity index is 730. The van der Waals surface area contributed by atoms with E-state index in [1.54, 1.807) is 4.90 Å². The SMILES string of the molecule is CCOc1ccc(-c2nc(C#N)c(NCCC[NH+]3CCOCC3)o2)cc1. The molecule has 0 spiro atoms. The van der Waals surface area contributed by atoms with E-state index < -0.39 is 0 Å². The molecule has 138 valence electrons. The van der Waals surface area contributed by atoms with E-state index >= 15 is 0 Å². The molecule has 1 aliphatic rings. The summed E-state index contributed by atoms with van der Waals surface area (Å²) in [6.07, 6.45) is 0.999. The Kier molecular flexibility index (Phi) is 6.47. The summed E-state index contributed by atoms with van der Waals surface area (Å²) in [5.41, 5.74) is 1.10. The van der Waals surface area contributed by atoms with Crippen LogP contribution in [0.15, 0.2) is 28.7 Å². The molecular weight excluding hydrogens is 332 g/mol. The van der Waals surface area contributed by atoms with Crippen molar-refractivity contribution in [3.8, 4) is 23.3 Å². The van der Waals surface area contributed by atoms with Gasteiger partial charge in [-0.3, -0.25) is 0 Å². The minimum Gasteiger partial charge on any atom is -0.494 e. The number of anilines is 1. The van der Waals surface area contributed by atoms with Crippen LogP contribution in [0.3, 0.4) is 0 Å². The third-order valence-electron chi connectivity index (χ3n) is 4.34. The number of benzene rings is 1. The van der Waals surface area contributed by atoms with Crippen LogP contribution in [0.4, 0.5) is 5.88 Å². The number of nitrogens with one attached hydrogen (secondary N) is 2. The summed E-state index contributed by atoms with van der Waals surface area (Å²) in [6, 6.07) is 9.59. The van der Waals surface area contributed by atoms with Crippen LogP contribution in [-0.2, 0) is 4.74 Å². The summed E-state index contributed by atoms with van der Waals surface area (Å²) >= 11 is 0. The van der Waals surface area contributed by atoms with Crippen LogP contribution in [0, 0.1) is 11.3 Å². The maximum Gasteiger partial charge on any atom is 0.232 e. The second-order valence-electron chi connectivity index (χ2n) is 6.16. The lowest BCUT2D eigenvalue weighted by molar-refractivity contribution is -0.908. The highest BCUT2D eigenvalue weighted by atomic mass is 16.5. The molecule has 1 aliphatic heterocycles. The normalized spacial score (nSPS) is 14.8. The number of ether oxygens (including phenoxy) is 2. The number of aromatic nitrogens is 1. The van der Waals surface area contributed by atoms with Crippen LogP contribution < -0.4 is 15.0 Å². The highest BCUT2D eigenvalue weighted by molar-refractivity contribution is 5.59. The fourth-order valence-corrected chi connectivity index (χ4v) is 2.95. The maximum absolute atomic E-state index is 9.30. The van der Waals surface area contributed by atoms with Crippen molar-refractivity contribution in [1.29, 1.82) is 5.26 Å². The highest BCUT2D eigenvalue weighted by Crippen LogP contribution is 2.26. The molecule has 1 saturated heterocycles. The molecule has 0 bridgehead atoms. The minimum atomic E-state index is 0.285. The lowest BCUT2D eigenvalue weighted by atomic mass is 10.2. The Morgan fingerprint density at radius 2 is 2.04 bits per heavy atom. The van der Waals surface area contributed by atoms with E-state index in [-0.39, 0.29) is 5.69 Å². The Morgan fingerprint density at radius 3 is 2.73 bits per heavy atom. The van der Waals surface area contributed by atoms with Crippen LogP contribution in [-0.4, -0.2) is 51.0 Å². The summed E-state index contributed by atoms with van der Waals surface area (Å²) < 4.78 is 16.6. The van der Waals surface area contributed by atoms with Gasteiger partial charge in [-0.05, 0) is 31.2 Å². The molecule has 3 rings (SSSR count). The summed E-state index contributed by atoms with van der Waals surface area (Å²) in [6.45, 7) is 8.21. The smallest absolute Gasteiger partial charge is 0.232 e. The number of oxazole rings is 1. The van der Waals surface area contributed by atoms with Gasteiger partial charge in [-0.25, -0.2) is 0 Å². The van der Waals surface area contributed by atoms with Gasteiger partial charge in [0.2, 0.25) is 17.5 Å². The first-order chi connectivity index (χ1) is 12.8. The number of hydrogen-bond acceptors (Lipinski definition) is 6. The standard InChI is InChI=1S/C19H24N4O3/c1-2-25-16-6-4-15(5-7-16)18-22-17(14-20)19(26-18)21-8-3-9-23-10-12-24-13-11-23/h4-7,21H,2-3,8-13H2,1H3/p+1. The summed E-state index contributed by atoms with van der Waals surface area (Å²) in [7, 11) is 0. The number of nitrogens with zero attached hydrogens (tertiary/aromatic N) is 2. The second-order valence-corrected chi connectivity index (χ2v) is 6.16. The van der Waals surface area contributed by atoms with Crippen molar-refractivity contribution in [2.24, 2.45) is 0 Å². The predicted octanol–water partition coefficient (Wildman–Crippen LogP) is 1.33. The molecule has 2 aromatic rings. The van der Waals surface area contributed by atoms with Crippen LogP contribution in [0.1, 0.15) is 19.0 Å². The van der Waals surface area contributed by atoms with Crippen molar-refractivity contribution in [3.05, 3.63) is 30.0 Å². The van der Waals surface area contributed by atoms with Crippen LogP contribution in [0.2, 0.25) is 0 Å². The average Bonchev–Trinajstić information content (AvgIpc) is 3.10. The van der Waals surface area contributed by atoms with Crippen molar-refractivity contribution < 1.29 is 18.8 Å². The molecule has 7 heteroatoms. The van der Waals surface area contributed by atoms with Crippen molar-refractivity contribution in [2.45, 2.75) is 13.3 Å². The number of rotatable bonds is 8. The third-order valence-corrected chi connectivity index (χ3v) is 4.34. The lowest BCUT2D eigenvalue weighted by Crippen LogP contribution is -3.14. The van der Waals surface area contributed by atoms with Gasteiger partial charge in [0.25, 0.3) is 0 Å². The first kappa shape index (κ1) is 18.2. The number of morpholine rings is 1. The zero-order chi connectivity index (χ0) is 18.2. The Labute approximate surface area is 153 Å². The van der Waals surface area contributed by atoms with Gasteiger partial charge >= 0.3 is 0 Å². The number of nitriles is 1. The monoisotopic (exact) mass is 357 g/mol. The molecule has 0 unspecified atom stereocenters. The molecule has 0 amide bonds. The van der Waals surface area contributed by atoms with E-state index in [9.17, 15) is 5.26 Å². The number of quaternary nitrogens is 1. The van der Waals surface area contributed by atoms with Gasteiger partial charge in [-0.15, -0.1) is 0 Å². The molecule has 2 heterocycles. The van der Waals surface area contributed by atoms with Gasteiger partial charge < -0.3 is 24.1 Å². The molecule has 0 radical (unpaired) electrons. The lowest BCUT2D eigenvalue weighted by Gasteiger charge is -2.23. The van der Waals surface area contributed by atoms with E-state index in [1.807, 2.05) is 31.2 Å². The molecule has 26 heavy (non-hydrogen) atoms. The van der Waals surface area contributed by atoms with Gasteiger partial charge in [0, 0.05) is 18.5 Å². The van der Waals surface area contributed by atoms with Gasteiger partial charge in [-0.2, -0.15) is 10.2 Å². The van der Waals surface area contributed by atoms with Gasteiger partial charge in [0.15, 0.2) is 0 Å². The second kappa shape index (κ2) is 9.22. The predicted molar refractivity (Wildman–Crippen MR) is 97.3 cm³/mol. The molecule has 1 aromatic carbocycles. The Balaban J connectivity index is 1.56. The zero-order valence-electron chi connectivity index (χ0n) is 15.1. The molecule has 0 atom stereocenters. The third kappa shape index (κ3) is 4.75. The molecule has 0 aliphatic carbocycles. The van der Waals surface area contributed by atoms with E-state index in [0.29, 0.717) is 18.4 Å². The van der Waals surface area contributed by atoms with Crippen LogP contribution in [0.25, 0.3) is 11.5 Å². The molecule has 7 nitrogen and oxygen atoms in total. The maximum atomic E-state index is 9.30. The van der Waals surface area contributed by atoms with E-state index in [0.717, 1.165) is 57.1 Å². The molecule has 0 saturated carbocycles. The fourth-order valence-electron chi connectivity index (χ4n) is 2.95. The zero-order valence-corrected chi connectivity index (χ0v) is 15.1. The van der Waals surface area contributed by atoms with E-state index in [4.69, 9.17) is 13.9 Å². The van der Waals surface area contributed by atoms with Gasteiger partial charge in [0.1, 0.15) is 24.9 Å². The highest BCUT2D eigenvalue weighted by Gasteiger charge is 2.16. The van der Waals surface area contributed by atoms with Crippen molar-refractivity contribution in [2.75, 3.05) is 51.3 Å². The quantitative estimate of drug-likeness (QED) is 0.694. The summed E-state index contributed by atoms with van der Waals surface area (Å²) in [4.78, 5) is 5.85. The van der Waals surface area contributed by atoms with Crippen molar-refractivity contribution >= 4 is 5.88 Å². The van der Waals surface area contributed by atoms with Crippen LogP contribution in [0.5, 0.6) is 5.75 Å².